The lowest BCUT2D eigenvalue weighted by atomic mass is 9.48. The molecule has 496 valence electrons. The lowest BCUT2D eigenvalue weighted by Gasteiger charge is -2.65. The number of rotatable bonds is 28. The first-order chi connectivity index (χ1) is 43.8. The van der Waals surface area contributed by atoms with E-state index in [0.717, 1.165) is 97.3 Å². The highest BCUT2D eigenvalue weighted by Gasteiger charge is 2.73. The van der Waals surface area contributed by atoms with Crippen LogP contribution in [0.5, 0.6) is 17.2 Å². The third-order valence-electron chi connectivity index (χ3n) is 18.0. The molecule has 2 heterocycles. The Morgan fingerprint density at radius 3 is 2.12 bits per heavy atom. The van der Waals surface area contributed by atoms with Gasteiger partial charge in [-0.05, 0) is 178 Å². The van der Waals surface area contributed by atoms with Crippen LogP contribution in [0.2, 0.25) is 0 Å². The molecular weight excluding hydrogens is 1170 g/mol. The number of phenols is 1. The number of alkyl halides is 1. The number of carbonyl (C=O) groups excluding carboxylic acids is 4. The number of aliphatic hydroxyl groups excluding tert-OH is 2. The number of methoxy groups -OCH3 is 1. The van der Waals surface area contributed by atoms with Crippen LogP contribution in [0.15, 0.2) is 109 Å². The number of halogens is 1. The number of likely N-dealkylation sites (tertiary alicyclic amines) is 1. The summed E-state index contributed by atoms with van der Waals surface area (Å²) >= 11 is 5.76. The summed E-state index contributed by atoms with van der Waals surface area (Å²) in [5.74, 6) is 3.30. The molecule has 91 heavy (non-hydrogen) atoms. The minimum atomic E-state index is -1.02. The highest BCUT2D eigenvalue weighted by molar-refractivity contribution is 6.17. The van der Waals surface area contributed by atoms with Gasteiger partial charge in [0.2, 0.25) is 17.7 Å². The largest absolute Gasteiger partial charge is 0.504 e. The summed E-state index contributed by atoms with van der Waals surface area (Å²) < 4.78 is 17.9. The molecule has 1 spiro atoms. The van der Waals surface area contributed by atoms with E-state index in [1.807, 2.05) is 71.6 Å². The molecular formula is C72H100ClN7O11. The predicted octanol–water partition coefficient (Wildman–Crippen LogP) is 8.68. The Morgan fingerprint density at radius 2 is 1.48 bits per heavy atom. The number of para-hydroxylation sites is 1. The fraction of sp³-hybridized carbons (Fsp3) is 0.528. The molecule has 2 bridgehead atoms. The molecule has 2 aliphatic heterocycles. The number of aromatic hydroxyl groups is 1. The minimum Gasteiger partial charge on any atom is -0.504 e. The van der Waals surface area contributed by atoms with Crippen molar-refractivity contribution in [3.8, 4) is 17.2 Å². The van der Waals surface area contributed by atoms with Crippen molar-refractivity contribution in [2.45, 2.75) is 153 Å². The van der Waals surface area contributed by atoms with Gasteiger partial charge in [-0.3, -0.25) is 24.1 Å². The Balaban J connectivity index is 0.000000225. The third kappa shape index (κ3) is 19.8. The topological polar surface area (TPSA) is 271 Å². The van der Waals surface area contributed by atoms with Crippen molar-refractivity contribution in [1.82, 2.24) is 25.8 Å². The maximum absolute atomic E-state index is 14.3. The van der Waals surface area contributed by atoms with E-state index in [1.54, 1.807) is 37.4 Å². The van der Waals surface area contributed by atoms with Crippen molar-refractivity contribution in [1.29, 1.82) is 0 Å². The number of benzene rings is 5. The van der Waals surface area contributed by atoms with Gasteiger partial charge in [0.1, 0.15) is 18.5 Å². The molecule has 3 fully saturated rings. The van der Waals surface area contributed by atoms with E-state index in [-0.39, 0.29) is 42.0 Å². The van der Waals surface area contributed by atoms with Gasteiger partial charge in [0.15, 0.2) is 11.5 Å². The fourth-order valence-electron chi connectivity index (χ4n) is 12.9. The van der Waals surface area contributed by atoms with E-state index in [9.17, 15) is 29.4 Å². The average Bonchev–Trinajstić information content (AvgIpc) is 1.58. The average molecular weight is 1280 g/mol. The Labute approximate surface area is 543 Å². The van der Waals surface area contributed by atoms with E-state index < -0.39 is 29.6 Å². The number of phenolic OH excluding ortho intramolecular Hbond substituents is 1. The number of ether oxygens (including phenoxy) is 3. The first-order valence-electron chi connectivity index (χ1n) is 32.7. The highest BCUT2D eigenvalue weighted by atomic mass is 35.5. The maximum atomic E-state index is 14.3. The molecule has 2 saturated carbocycles. The molecule has 3 aliphatic carbocycles. The predicted molar refractivity (Wildman–Crippen MR) is 358 cm³/mol. The summed E-state index contributed by atoms with van der Waals surface area (Å²) in [7, 11) is 1.66. The first-order valence-corrected chi connectivity index (χ1v) is 33.2. The van der Waals surface area contributed by atoms with Gasteiger partial charge < -0.3 is 67.0 Å². The van der Waals surface area contributed by atoms with E-state index in [0.29, 0.717) is 112 Å². The van der Waals surface area contributed by atoms with E-state index in [2.05, 4.69) is 60.7 Å². The number of nitrogen functional groups attached to an aromatic ring is 2. The molecule has 11 N–H and O–H groups in total. The smallest absolute Gasteiger partial charge is 0.251 e. The second kappa shape index (κ2) is 35.2. The number of piperidine rings is 1. The van der Waals surface area contributed by atoms with Crippen LogP contribution in [-0.2, 0) is 56.8 Å². The second-order valence-electron chi connectivity index (χ2n) is 25.5. The minimum absolute atomic E-state index is 0.000407. The SMILES string of the molecule is CC(C)CCNC(=O)CCCN(C(=O)Cc1ccc(N)cc1)C1CCC2(O)C3Cc4ccc(O)c5c4C2(CCN3CC2CC2)C1O5.CC(C)CCO.COc1cc(CCCCl)ccc1CCOCCNC(=O)c1ccc(CNC(=O)CO)cc1.Nc1ccccc1. The van der Waals surface area contributed by atoms with Crippen LogP contribution in [0.25, 0.3) is 0 Å². The van der Waals surface area contributed by atoms with Gasteiger partial charge >= 0.3 is 0 Å². The summed E-state index contributed by atoms with van der Waals surface area (Å²) in [6.45, 7) is 12.8. The molecule has 18 nitrogen and oxygen atoms in total. The van der Waals surface area contributed by atoms with E-state index in [4.69, 9.17) is 47.5 Å². The van der Waals surface area contributed by atoms with Crippen LogP contribution < -0.4 is 36.9 Å². The number of anilines is 2. The van der Waals surface area contributed by atoms with Gasteiger partial charge in [-0.2, -0.15) is 0 Å². The van der Waals surface area contributed by atoms with Crippen molar-refractivity contribution in [3.63, 3.8) is 0 Å². The van der Waals surface area contributed by atoms with Crippen molar-refractivity contribution in [2.75, 3.05) is 83.6 Å². The number of carbonyl (C=O) groups is 4. The molecule has 5 aliphatic rings. The number of nitrogens with two attached hydrogens (primary N) is 2. The molecule has 5 atom stereocenters. The Hall–Kier alpha value is -6.93. The zero-order chi connectivity index (χ0) is 65.5. The van der Waals surface area contributed by atoms with Crippen LogP contribution in [0.1, 0.15) is 136 Å². The zero-order valence-corrected chi connectivity index (χ0v) is 54.9. The van der Waals surface area contributed by atoms with Crippen LogP contribution in [0, 0.1) is 17.8 Å². The number of aliphatic hydroxyl groups is 3. The molecule has 5 aromatic carbocycles. The van der Waals surface area contributed by atoms with E-state index >= 15 is 0 Å². The summed E-state index contributed by atoms with van der Waals surface area (Å²) in [6, 6.07) is 33.4. The lowest BCUT2D eigenvalue weighted by Crippen LogP contribution is -2.78. The number of aryl methyl sites for hydroxylation is 1. The number of hydrogen-bond acceptors (Lipinski definition) is 14. The van der Waals surface area contributed by atoms with Crippen LogP contribution in [0.4, 0.5) is 11.4 Å². The van der Waals surface area contributed by atoms with Crippen LogP contribution >= 0.6 is 11.6 Å². The molecule has 10 rings (SSSR count). The van der Waals surface area contributed by atoms with Gasteiger partial charge in [0.05, 0.1) is 43.8 Å². The second-order valence-corrected chi connectivity index (χ2v) is 25.9. The monoisotopic (exact) mass is 1270 g/mol. The van der Waals surface area contributed by atoms with Gasteiger partial charge in [-0.1, -0.05) is 88.4 Å². The lowest BCUT2D eigenvalue weighted by molar-refractivity contribution is -0.201. The summed E-state index contributed by atoms with van der Waals surface area (Å²) in [6.07, 6.45) is 10.2. The maximum Gasteiger partial charge on any atom is 0.251 e. The number of amides is 4. The van der Waals surface area contributed by atoms with E-state index in [1.165, 1.54) is 18.4 Å². The van der Waals surface area contributed by atoms with Crippen molar-refractivity contribution in [2.24, 2.45) is 17.8 Å². The first kappa shape index (κ1) is 71.5. The van der Waals surface area contributed by atoms with Gasteiger partial charge in [0.25, 0.3) is 5.91 Å². The molecule has 0 radical (unpaired) electrons. The zero-order valence-electron chi connectivity index (χ0n) is 54.1. The third-order valence-corrected chi connectivity index (χ3v) is 18.3. The summed E-state index contributed by atoms with van der Waals surface area (Å²) in [5, 5.41) is 49.3. The summed E-state index contributed by atoms with van der Waals surface area (Å²) in [5.41, 5.74) is 17.7. The van der Waals surface area contributed by atoms with Gasteiger partial charge in [0, 0.05) is 80.2 Å². The van der Waals surface area contributed by atoms with Crippen LogP contribution in [-0.4, -0.2) is 150 Å². The standard InChI is InChI=1S/C37H50N4O5.C24H31ClN2O5.C6H7N.C5H12O/c1-23(2)14-17-39-31(43)4-3-18-41(32(44)20-24-7-10-27(38)11-8-24)28-13-15-37(45)30-21-26-9-12-29(42)34-33(26)36(37,35(28)46-34)16-19-40(30)22-25-5-6-25;1-31-22-15-18(3-2-11-25)4-7-20(22)10-13-32-14-12-26-24(30)21-8-5-19(6-9-21)16-27-23(29)17-28;7-6-4-2-1-3-5-6;1-5(2)3-4-6/h7-12,23,25,28,30,35,42,45H,3-6,13-22,38H2,1-2H3,(H,39,43);4-9,15,28H,2-3,10-14,16-17H2,1H3,(H,26,30)(H,27,29);1-5H,7H2;5-6H,3-4H2,1-2H3. The highest BCUT2D eigenvalue weighted by Crippen LogP contribution is 2.66. The molecule has 19 heteroatoms. The van der Waals surface area contributed by atoms with Gasteiger partial charge in [-0.25, -0.2) is 0 Å². The molecule has 4 amide bonds. The Bertz CT molecular complexity index is 3100. The fourth-order valence-corrected chi connectivity index (χ4v) is 13.1. The Morgan fingerprint density at radius 1 is 0.780 bits per heavy atom. The van der Waals surface area contributed by atoms with Crippen molar-refractivity contribution in [3.05, 3.63) is 148 Å². The normalized spacial score (nSPS) is 19.8. The van der Waals surface area contributed by atoms with Crippen molar-refractivity contribution < 1.29 is 53.8 Å². The number of nitrogens with zero attached hydrogens (tertiary/aromatic N) is 2. The number of nitrogens with one attached hydrogen (secondary N) is 3. The Kier molecular flexibility index (Phi) is 27.7. The van der Waals surface area contributed by atoms with Crippen LogP contribution in [0.3, 0.4) is 0 Å². The molecule has 0 aromatic heterocycles. The number of hydrogen-bond donors (Lipinski definition) is 9. The van der Waals surface area contributed by atoms with Gasteiger partial charge in [-0.15, -0.1) is 11.6 Å². The quantitative estimate of drug-likeness (QED) is 0.0129. The molecule has 5 unspecified atom stereocenters. The summed E-state index contributed by atoms with van der Waals surface area (Å²) in [4.78, 5) is 54.7. The van der Waals surface area contributed by atoms with Crippen molar-refractivity contribution >= 4 is 46.6 Å². The molecule has 1 saturated heterocycles. The molecule has 5 aromatic rings.